The zero-order valence-electron chi connectivity index (χ0n) is 15.1. The van der Waals surface area contributed by atoms with Gasteiger partial charge in [0.05, 0.1) is 23.6 Å². The van der Waals surface area contributed by atoms with Gasteiger partial charge < -0.3 is 0 Å². The standard InChI is InChI=1S/C22H19ClN2O3/c23-14-8-10-15(11-9-14)25-21(27)17-16-7-4-12-24(16)19(18(17)22(25)28)20(26)13-5-2-1-3-6-13/h1-3,5-6,8-11,16-19H,4,7,12H2. The molecule has 0 aliphatic carbocycles. The molecule has 142 valence electrons. The van der Waals surface area contributed by atoms with Gasteiger partial charge in [0, 0.05) is 16.6 Å². The summed E-state index contributed by atoms with van der Waals surface area (Å²) in [6, 6.07) is 15.1. The van der Waals surface area contributed by atoms with E-state index in [9.17, 15) is 14.4 Å². The molecule has 0 spiro atoms. The lowest BCUT2D eigenvalue weighted by Gasteiger charge is -2.27. The molecule has 5 rings (SSSR count). The predicted molar refractivity (Wildman–Crippen MR) is 105 cm³/mol. The lowest BCUT2D eigenvalue weighted by Crippen LogP contribution is -2.46. The van der Waals surface area contributed by atoms with E-state index in [0.29, 0.717) is 16.3 Å². The van der Waals surface area contributed by atoms with E-state index in [1.165, 1.54) is 4.90 Å². The number of nitrogens with zero attached hydrogens (tertiary/aromatic N) is 2. The van der Waals surface area contributed by atoms with Gasteiger partial charge in [-0.05, 0) is 43.7 Å². The van der Waals surface area contributed by atoms with E-state index < -0.39 is 17.9 Å². The average molecular weight is 395 g/mol. The third-order valence-corrected chi connectivity index (χ3v) is 6.52. The number of ketones is 1. The molecule has 0 aromatic heterocycles. The molecule has 3 fully saturated rings. The topological polar surface area (TPSA) is 57.7 Å². The first kappa shape index (κ1) is 17.6. The fourth-order valence-corrected chi connectivity index (χ4v) is 5.26. The minimum atomic E-state index is -0.624. The van der Waals surface area contributed by atoms with Gasteiger partial charge in [-0.15, -0.1) is 0 Å². The van der Waals surface area contributed by atoms with Crippen LogP contribution >= 0.6 is 11.6 Å². The van der Waals surface area contributed by atoms with Crippen LogP contribution in [0, 0.1) is 11.8 Å². The number of amides is 2. The van der Waals surface area contributed by atoms with Gasteiger partial charge in [0.15, 0.2) is 5.78 Å². The summed E-state index contributed by atoms with van der Waals surface area (Å²) in [6.07, 6.45) is 1.78. The Bertz CT molecular complexity index is 960. The van der Waals surface area contributed by atoms with Crippen LogP contribution in [0.5, 0.6) is 0 Å². The number of anilines is 1. The van der Waals surface area contributed by atoms with Gasteiger partial charge in [-0.25, -0.2) is 4.90 Å². The van der Waals surface area contributed by atoms with Crippen LogP contribution < -0.4 is 4.90 Å². The molecule has 4 unspecified atom stereocenters. The predicted octanol–water partition coefficient (Wildman–Crippen LogP) is 3.18. The molecule has 28 heavy (non-hydrogen) atoms. The summed E-state index contributed by atoms with van der Waals surface area (Å²) >= 11 is 5.95. The third kappa shape index (κ3) is 2.46. The average Bonchev–Trinajstić information content (AvgIpc) is 3.35. The van der Waals surface area contributed by atoms with E-state index in [4.69, 9.17) is 11.6 Å². The monoisotopic (exact) mass is 394 g/mol. The lowest BCUT2D eigenvalue weighted by molar-refractivity contribution is -0.123. The SMILES string of the molecule is O=C(c1ccccc1)C1C2C(=O)N(c3ccc(Cl)cc3)C(=O)C2C2CCCN21. The Morgan fingerprint density at radius 2 is 1.61 bits per heavy atom. The molecular weight excluding hydrogens is 376 g/mol. The van der Waals surface area contributed by atoms with Crippen molar-refractivity contribution < 1.29 is 14.4 Å². The Morgan fingerprint density at radius 1 is 0.929 bits per heavy atom. The Morgan fingerprint density at radius 3 is 2.32 bits per heavy atom. The van der Waals surface area contributed by atoms with E-state index in [2.05, 4.69) is 4.90 Å². The molecule has 3 saturated heterocycles. The highest BCUT2D eigenvalue weighted by Crippen LogP contribution is 2.48. The third-order valence-electron chi connectivity index (χ3n) is 6.26. The number of halogens is 1. The van der Waals surface area contributed by atoms with Crippen molar-refractivity contribution in [3.05, 3.63) is 65.2 Å². The minimum Gasteiger partial charge on any atom is -0.292 e. The van der Waals surface area contributed by atoms with E-state index >= 15 is 0 Å². The van der Waals surface area contributed by atoms with Crippen molar-refractivity contribution in [1.82, 2.24) is 4.90 Å². The maximum absolute atomic E-state index is 13.4. The van der Waals surface area contributed by atoms with Gasteiger partial charge in [-0.2, -0.15) is 0 Å². The summed E-state index contributed by atoms with van der Waals surface area (Å²) in [6.45, 7) is 0.752. The second-order valence-corrected chi connectivity index (χ2v) is 8.10. The Hall–Kier alpha value is -2.50. The van der Waals surface area contributed by atoms with Crippen molar-refractivity contribution in [2.45, 2.75) is 24.9 Å². The molecule has 2 aromatic rings. The zero-order valence-corrected chi connectivity index (χ0v) is 15.9. The van der Waals surface area contributed by atoms with E-state index in [-0.39, 0.29) is 23.6 Å². The Kier molecular flexibility index (Phi) is 4.11. The summed E-state index contributed by atoms with van der Waals surface area (Å²) in [7, 11) is 0. The Labute approximate surface area is 167 Å². The molecule has 0 radical (unpaired) electrons. The van der Waals surface area contributed by atoms with Gasteiger partial charge in [0.2, 0.25) is 11.8 Å². The van der Waals surface area contributed by atoms with Crippen LogP contribution in [0.4, 0.5) is 5.69 Å². The molecule has 3 heterocycles. The molecule has 2 amide bonds. The largest absolute Gasteiger partial charge is 0.292 e. The minimum absolute atomic E-state index is 0.0450. The number of benzene rings is 2. The van der Waals surface area contributed by atoms with Crippen molar-refractivity contribution in [1.29, 1.82) is 0 Å². The van der Waals surface area contributed by atoms with Crippen LogP contribution in [0.1, 0.15) is 23.2 Å². The molecule has 0 N–H and O–H groups in total. The van der Waals surface area contributed by atoms with Gasteiger partial charge in [0.1, 0.15) is 0 Å². The molecule has 2 aromatic carbocycles. The lowest BCUT2D eigenvalue weighted by atomic mass is 9.85. The van der Waals surface area contributed by atoms with Crippen LogP contribution in [0.15, 0.2) is 54.6 Å². The summed E-state index contributed by atoms with van der Waals surface area (Å²) in [4.78, 5) is 43.3. The van der Waals surface area contributed by atoms with Crippen molar-refractivity contribution in [3.8, 4) is 0 Å². The van der Waals surface area contributed by atoms with E-state index in [0.717, 1.165) is 19.4 Å². The van der Waals surface area contributed by atoms with Crippen molar-refractivity contribution >= 4 is 34.9 Å². The number of rotatable bonds is 3. The molecule has 6 heteroatoms. The normalized spacial score (nSPS) is 29.2. The number of carbonyl (C=O) groups excluding carboxylic acids is 3. The highest BCUT2D eigenvalue weighted by atomic mass is 35.5. The zero-order chi connectivity index (χ0) is 19.4. The second-order valence-electron chi connectivity index (χ2n) is 7.66. The van der Waals surface area contributed by atoms with E-state index in [1.54, 1.807) is 36.4 Å². The highest BCUT2D eigenvalue weighted by Gasteiger charge is 2.64. The van der Waals surface area contributed by atoms with Crippen LogP contribution in [0.2, 0.25) is 5.02 Å². The molecule has 0 bridgehead atoms. The molecule has 5 nitrogen and oxygen atoms in total. The second kappa shape index (κ2) is 6.54. The summed E-state index contributed by atoms with van der Waals surface area (Å²) in [5.41, 5.74) is 1.10. The quantitative estimate of drug-likeness (QED) is 0.592. The van der Waals surface area contributed by atoms with Crippen LogP contribution in [-0.2, 0) is 9.59 Å². The van der Waals surface area contributed by atoms with Crippen LogP contribution in [0.25, 0.3) is 0 Å². The van der Waals surface area contributed by atoms with Crippen LogP contribution in [0.3, 0.4) is 0 Å². The van der Waals surface area contributed by atoms with Gasteiger partial charge >= 0.3 is 0 Å². The first-order valence-electron chi connectivity index (χ1n) is 9.56. The van der Waals surface area contributed by atoms with Gasteiger partial charge in [0.25, 0.3) is 0 Å². The smallest absolute Gasteiger partial charge is 0.239 e. The number of carbonyl (C=O) groups is 3. The van der Waals surface area contributed by atoms with Gasteiger partial charge in [-0.1, -0.05) is 41.9 Å². The molecular formula is C22H19ClN2O3. The number of Topliss-reactive ketones (excluding diaryl/α,β-unsaturated/α-hetero) is 1. The number of fused-ring (bicyclic) bond motifs is 3. The molecule has 3 aliphatic rings. The highest BCUT2D eigenvalue weighted by molar-refractivity contribution is 6.31. The van der Waals surface area contributed by atoms with Crippen molar-refractivity contribution in [2.24, 2.45) is 11.8 Å². The maximum Gasteiger partial charge on any atom is 0.239 e. The van der Waals surface area contributed by atoms with Crippen molar-refractivity contribution in [2.75, 3.05) is 11.4 Å². The Balaban J connectivity index is 1.55. The maximum atomic E-state index is 13.4. The first-order chi connectivity index (χ1) is 13.6. The summed E-state index contributed by atoms with van der Waals surface area (Å²) in [5, 5.41) is 0.544. The molecule has 4 atom stereocenters. The van der Waals surface area contributed by atoms with Crippen LogP contribution in [-0.4, -0.2) is 41.1 Å². The fourth-order valence-electron chi connectivity index (χ4n) is 5.13. The number of hydrogen-bond acceptors (Lipinski definition) is 4. The van der Waals surface area contributed by atoms with Crippen molar-refractivity contribution in [3.63, 3.8) is 0 Å². The van der Waals surface area contributed by atoms with E-state index in [1.807, 2.05) is 18.2 Å². The number of imide groups is 1. The van der Waals surface area contributed by atoms with Gasteiger partial charge in [-0.3, -0.25) is 19.3 Å². The fraction of sp³-hybridized carbons (Fsp3) is 0.318. The molecule has 3 aliphatic heterocycles. The first-order valence-corrected chi connectivity index (χ1v) is 9.94. The summed E-state index contributed by atoms with van der Waals surface area (Å²) < 4.78 is 0. The number of hydrogen-bond donors (Lipinski definition) is 0. The summed E-state index contributed by atoms with van der Waals surface area (Å²) in [5.74, 6) is -1.62. The molecule has 0 saturated carbocycles.